The smallest absolute Gasteiger partial charge is 0.418 e. The maximum absolute atomic E-state index is 14.7. The van der Waals surface area contributed by atoms with Crippen LogP contribution in [0, 0.1) is 11.9 Å². The lowest BCUT2D eigenvalue weighted by atomic mass is 9.86. The number of amides is 1. The number of hydrogen-bond donors (Lipinski definition) is 2. The first-order chi connectivity index (χ1) is 15.7. The van der Waals surface area contributed by atoms with Gasteiger partial charge in [-0.05, 0) is 49.8 Å². The number of fused-ring (bicyclic) bond motifs is 1. The van der Waals surface area contributed by atoms with Gasteiger partial charge in [0.05, 0.1) is 35.3 Å². The van der Waals surface area contributed by atoms with Gasteiger partial charge in [-0.2, -0.15) is 17.6 Å². The van der Waals surface area contributed by atoms with Crippen molar-refractivity contribution in [2.24, 2.45) is 5.92 Å². The number of methoxy groups -OCH3 is 1. The molecule has 2 heterocycles. The van der Waals surface area contributed by atoms with Crippen LogP contribution in [0.5, 0.6) is 5.75 Å². The van der Waals surface area contributed by atoms with E-state index in [-0.39, 0.29) is 35.4 Å². The molecule has 11 heteroatoms. The molecule has 1 saturated carbocycles. The zero-order valence-electron chi connectivity index (χ0n) is 17.7. The number of hydrogen-bond acceptors (Lipinski definition) is 5. The van der Waals surface area contributed by atoms with Gasteiger partial charge < -0.3 is 15.2 Å². The van der Waals surface area contributed by atoms with Crippen LogP contribution >= 0.6 is 0 Å². The van der Waals surface area contributed by atoms with E-state index < -0.39 is 29.3 Å². The highest BCUT2D eigenvalue weighted by Crippen LogP contribution is 2.38. The van der Waals surface area contributed by atoms with Crippen LogP contribution in [-0.4, -0.2) is 39.5 Å². The fourth-order valence-electron chi connectivity index (χ4n) is 4.24. The van der Waals surface area contributed by atoms with Crippen molar-refractivity contribution < 1.29 is 32.2 Å². The third-order valence-corrected chi connectivity index (χ3v) is 5.98. The fraction of sp³-hybridized carbons (Fsp3) is 0.409. The second-order valence-corrected chi connectivity index (χ2v) is 8.01. The number of carbonyl (C=O) groups is 1. The van der Waals surface area contributed by atoms with Gasteiger partial charge in [0.1, 0.15) is 11.4 Å². The zero-order valence-corrected chi connectivity index (χ0v) is 17.7. The molecule has 7 nitrogen and oxygen atoms in total. The first-order valence-corrected chi connectivity index (χ1v) is 10.4. The molecule has 4 rings (SSSR count). The summed E-state index contributed by atoms with van der Waals surface area (Å²) in [4.78, 5) is 16.2. The first kappa shape index (κ1) is 23.0. The van der Waals surface area contributed by atoms with Gasteiger partial charge in [0.25, 0.3) is 5.91 Å². The van der Waals surface area contributed by atoms with E-state index in [4.69, 9.17) is 4.74 Å². The summed E-state index contributed by atoms with van der Waals surface area (Å²) in [6.45, 7) is 0.115. The number of alkyl halides is 3. The van der Waals surface area contributed by atoms with Crippen LogP contribution in [0.1, 0.15) is 47.8 Å². The predicted octanol–water partition coefficient (Wildman–Crippen LogP) is 4.57. The minimum Gasteiger partial charge on any atom is -0.494 e. The summed E-state index contributed by atoms with van der Waals surface area (Å²) in [5, 5.41) is 15.8. The summed E-state index contributed by atoms with van der Waals surface area (Å²) in [7, 11) is 1.34. The molecule has 2 aromatic heterocycles. The Morgan fingerprint density at radius 1 is 1.27 bits per heavy atom. The van der Waals surface area contributed by atoms with E-state index in [0.717, 1.165) is 44.0 Å². The molecular weight excluding hydrogens is 444 g/mol. The lowest BCUT2D eigenvalue weighted by Gasteiger charge is -2.28. The molecule has 0 saturated heterocycles. The Morgan fingerprint density at radius 2 is 2.00 bits per heavy atom. The largest absolute Gasteiger partial charge is 0.494 e. The molecule has 0 unspecified atom stereocenters. The second kappa shape index (κ2) is 8.97. The van der Waals surface area contributed by atoms with Crippen molar-refractivity contribution in [2.75, 3.05) is 19.0 Å². The standard InChI is InChI=1S/C22H22F4N4O3/c1-33-18-10-17-14(20(23)29-30(17)13-6-4-12(11-31)5-7-13)9-16(18)28-21(32)19-15(22(24,25)26)3-2-8-27-19/h2-3,8-10,12-13,31H,4-7,11H2,1H3,(H,28,32). The lowest BCUT2D eigenvalue weighted by Crippen LogP contribution is -2.21. The van der Waals surface area contributed by atoms with Gasteiger partial charge in [-0.1, -0.05) is 0 Å². The SMILES string of the molecule is COc1cc2c(cc1NC(=O)c1ncccc1C(F)(F)F)c(F)nn2C1CCC(CO)CC1. The molecule has 1 aromatic carbocycles. The van der Waals surface area contributed by atoms with Gasteiger partial charge in [-0.15, -0.1) is 5.10 Å². The van der Waals surface area contributed by atoms with Crippen molar-refractivity contribution in [3.63, 3.8) is 0 Å². The van der Waals surface area contributed by atoms with Crippen LogP contribution in [0.4, 0.5) is 23.2 Å². The Hall–Kier alpha value is -3.21. The Morgan fingerprint density at radius 3 is 2.64 bits per heavy atom. The monoisotopic (exact) mass is 466 g/mol. The predicted molar refractivity (Wildman–Crippen MR) is 112 cm³/mol. The molecule has 1 aliphatic carbocycles. The van der Waals surface area contributed by atoms with Gasteiger partial charge >= 0.3 is 6.18 Å². The summed E-state index contributed by atoms with van der Waals surface area (Å²) in [5.74, 6) is -1.50. The number of aliphatic hydroxyl groups excluding tert-OH is 1. The van der Waals surface area contributed by atoms with Crippen molar-refractivity contribution in [3.05, 3.63) is 47.7 Å². The molecule has 1 aliphatic rings. The zero-order chi connectivity index (χ0) is 23.8. The number of halogens is 4. The number of benzene rings is 1. The molecule has 176 valence electrons. The summed E-state index contributed by atoms with van der Waals surface area (Å²) >= 11 is 0. The number of carbonyl (C=O) groups excluding carboxylic acids is 1. The number of rotatable bonds is 5. The van der Waals surface area contributed by atoms with Gasteiger partial charge in [0.15, 0.2) is 0 Å². The van der Waals surface area contributed by atoms with E-state index in [2.05, 4.69) is 15.4 Å². The number of anilines is 1. The Balaban J connectivity index is 1.68. The average Bonchev–Trinajstić information content (AvgIpc) is 3.13. The Labute approximate surface area is 186 Å². The van der Waals surface area contributed by atoms with Gasteiger partial charge in [-0.25, -0.2) is 0 Å². The van der Waals surface area contributed by atoms with E-state index in [0.29, 0.717) is 5.52 Å². The molecular formula is C22H22F4N4O3. The molecule has 0 bridgehead atoms. The van der Waals surface area contributed by atoms with Gasteiger partial charge in [-0.3, -0.25) is 14.5 Å². The molecule has 0 aliphatic heterocycles. The number of aromatic nitrogens is 3. The van der Waals surface area contributed by atoms with Crippen LogP contribution in [0.2, 0.25) is 0 Å². The number of nitrogens with zero attached hydrogens (tertiary/aromatic N) is 3. The van der Waals surface area contributed by atoms with Crippen molar-refractivity contribution >= 4 is 22.5 Å². The first-order valence-electron chi connectivity index (χ1n) is 10.4. The van der Waals surface area contributed by atoms with Crippen molar-refractivity contribution in [1.29, 1.82) is 0 Å². The molecule has 2 N–H and O–H groups in total. The van der Waals surface area contributed by atoms with E-state index in [1.807, 2.05) is 0 Å². The number of pyridine rings is 1. The highest BCUT2D eigenvalue weighted by atomic mass is 19.4. The fourth-order valence-corrected chi connectivity index (χ4v) is 4.24. The van der Waals surface area contributed by atoms with Crippen LogP contribution < -0.4 is 10.1 Å². The quantitative estimate of drug-likeness (QED) is 0.538. The van der Waals surface area contributed by atoms with Gasteiger partial charge in [0, 0.05) is 18.9 Å². The summed E-state index contributed by atoms with van der Waals surface area (Å²) in [5.41, 5.74) is -1.54. The third kappa shape index (κ3) is 4.50. The van der Waals surface area contributed by atoms with Crippen molar-refractivity contribution in [1.82, 2.24) is 14.8 Å². The Bertz CT molecular complexity index is 1170. The number of ether oxygens (including phenoxy) is 1. The maximum atomic E-state index is 14.7. The average molecular weight is 466 g/mol. The van der Waals surface area contributed by atoms with Crippen LogP contribution in [-0.2, 0) is 6.18 Å². The highest BCUT2D eigenvalue weighted by Gasteiger charge is 2.36. The van der Waals surface area contributed by atoms with Gasteiger partial charge in [0.2, 0.25) is 5.95 Å². The van der Waals surface area contributed by atoms with E-state index in [1.54, 1.807) is 4.68 Å². The van der Waals surface area contributed by atoms with Crippen molar-refractivity contribution in [3.8, 4) is 5.75 Å². The molecule has 1 fully saturated rings. The van der Waals surface area contributed by atoms with E-state index >= 15 is 0 Å². The second-order valence-electron chi connectivity index (χ2n) is 8.01. The maximum Gasteiger partial charge on any atom is 0.418 e. The minimum absolute atomic E-state index is 0.00350. The summed E-state index contributed by atoms with van der Waals surface area (Å²) in [6, 6.07) is 4.58. The molecule has 0 radical (unpaired) electrons. The Kier molecular flexibility index (Phi) is 6.24. The minimum atomic E-state index is -4.77. The molecule has 0 atom stereocenters. The molecule has 0 spiro atoms. The van der Waals surface area contributed by atoms with E-state index in [1.165, 1.54) is 19.2 Å². The van der Waals surface area contributed by atoms with Crippen LogP contribution in [0.3, 0.4) is 0 Å². The van der Waals surface area contributed by atoms with E-state index in [9.17, 15) is 27.5 Å². The van der Waals surface area contributed by atoms with Crippen LogP contribution in [0.15, 0.2) is 30.5 Å². The highest BCUT2D eigenvalue weighted by molar-refractivity contribution is 6.06. The molecule has 3 aromatic rings. The topological polar surface area (TPSA) is 89.3 Å². The summed E-state index contributed by atoms with van der Waals surface area (Å²) < 4.78 is 61.4. The normalized spacial score (nSPS) is 19.0. The number of nitrogens with one attached hydrogen (secondary N) is 1. The number of aliphatic hydroxyl groups is 1. The summed E-state index contributed by atoms with van der Waals surface area (Å²) in [6.07, 6.45) is -0.649. The third-order valence-electron chi connectivity index (χ3n) is 5.98. The molecule has 33 heavy (non-hydrogen) atoms. The molecule has 1 amide bonds. The lowest BCUT2D eigenvalue weighted by molar-refractivity contribution is -0.138. The van der Waals surface area contributed by atoms with Crippen LogP contribution in [0.25, 0.3) is 10.9 Å². The van der Waals surface area contributed by atoms with Crippen molar-refractivity contribution in [2.45, 2.75) is 37.9 Å².